The molecular weight excluding hydrogens is 796 g/mol. The minimum atomic E-state index is -1.35. The van der Waals surface area contributed by atoms with Crippen LogP contribution in [-0.4, -0.2) is 84.6 Å². The minimum Gasteiger partial charge on any atom is -0.491 e. The highest BCUT2D eigenvalue weighted by atomic mass is 16.6. The van der Waals surface area contributed by atoms with Crippen molar-refractivity contribution < 1.29 is 52.6 Å². The summed E-state index contributed by atoms with van der Waals surface area (Å²) in [5, 5.41) is 30.4. The average Bonchev–Trinajstić information content (AvgIpc) is 3.26. The summed E-state index contributed by atoms with van der Waals surface area (Å²) in [5.74, 6) is -3.90. The Morgan fingerprint density at radius 2 is 1.30 bits per heavy atom. The quantitative estimate of drug-likeness (QED) is 0.0371. The number of pyridine rings is 2. The number of hydrogen-bond acceptors (Lipinski definition) is 15. The molecule has 4 amide bonds. The van der Waals surface area contributed by atoms with Gasteiger partial charge in [0.25, 0.3) is 23.4 Å². The lowest BCUT2D eigenvalue weighted by molar-refractivity contribution is -0.385. The number of aromatic nitrogens is 2. The summed E-state index contributed by atoms with van der Waals surface area (Å²) in [6.07, 6.45) is 5.90. The molecule has 4 rings (SSSR count). The maximum atomic E-state index is 13.8. The molecule has 1 atom stereocenters. The van der Waals surface area contributed by atoms with Gasteiger partial charge in [-0.05, 0) is 42.5 Å². The van der Waals surface area contributed by atoms with Crippen LogP contribution in [0.3, 0.4) is 0 Å². The number of nitrogens with one attached hydrogen (secondary N) is 4. The number of nitriles is 1. The number of amides is 4. The minimum absolute atomic E-state index is 0.00617. The molecule has 20 heteroatoms. The van der Waals surface area contributed by atoms with Gasteiger partial charge >= 0.3 is 5.97 Å². The first kappa shape index (κ1) is 45.1. The molecule has 0 aliphatic rings. The number of benzene rings is 2. The lowest BCUT2D eigenvalue weighted by atomic mass is 10.1. The number of carbonyl (C=O) groups excluding carboxylic acids is 5. The zero-order valence-corrected chi connectivity index (χ0v) is 32.7. The summed E-state index contributed by atoms with van der Waals surface area (Å²) in [4.78, 5) is 83.6. The van der Waals surface area contributed by atoms with Crippen molar-refractivity contribution in [2.75, 3.05) is 50.0 Å². The number of hydrogen-bond donors (Lipinski definition) is 4. The van der Waals surface area contributed by atoms with Crippen LogP contribution >= 0.6 is 0 Å². The zero-order valence-electron chi connectivity index (χ0n) is 32.7. The van der Waals surface area contributed by atoms with Gasteiger partial charge in [-0.3, -0.25) is 29.3 Å². The number of methoxy groups -OCH3 is 2. The summed E-state index contributed by atoms with van der Waals surface area (Å²) < 4.78 is 27.9. The first-order chi connectivity index (χ1) is 29.4. The van der Waals surface area contributed by atoms with Crippen molar-refractivity contribution >= 4 is 52.3 Å². The van der Waals surface area contributed by atoms with E-state index in [1.807, 2.05) is 0 Å². The molecule has 0 spiro atoms. The van der Waals surface area contributed by atoms with Crippen molar-refractivity contribution in [3.63, 3.8) is 0 Å². The van der Waals surface area contributed by atoms with Crippen LogP contribution in [0.1, 0.15) is 48.1 Å². The lowest BCUT2D eigenvalue weighted by Crippen LogP contribution is -2.43. The molecule has 61 heavy (non-hydrogen) atoms. The Morgan fingerprint density at radius 3 is 1.82 bits per heavy atom. The van der Waals surface area contributed by atoms with Crippen LogP contribution in [0.15, 0.2) is 98.9 Å². The summed E-state index contributed by atoms with van der Waals surface area (Å²) in [6.45, 7) is 10.7. The van der Waals surface area contributed by atoms with E-state index in [0.29, 0.717) is 0 Å². The third-order valence-electron chi connectivity index (χ3n) is 7.99. The van der Waals surface area contributed by atoms with E-state index >= 15 is 0 Å². The van der Waals surface area contributed by atoms with Gasteiger partial charge in [0.05, 0.1) is 60.5 Å². The molecule has 0 saturated carbocycles. The molecule has 2 heterocycles. The van der Waals surface area contributed by atoms with E-state index in [-0.39, 0.29) is 88.1 Å². The van der Waals surface area contributed by atoms with Gasteiger partial charge in [-0.25, -0.2) is 14.8 Å². The Labute approximate surface area is 348 Å². The maximum absolute atomic E-state index is 13.8. The van der Waals surface area contributed by atoms with Crippen LogP contribution in [0.5, 0.6) is 23.0 Å². The van der Waals surface area contributed by atoms with Gasteiger partial charge in [-0.1, -0.05) is 38.0 Å². The monoisotopic (exact) mass is 834 g/mol. The standard InChI is InChI=1S/C41H38N8O12/c1-6-19-59-33-26(37(50)46-28-16-12-27(41(54)61-21-8-3)34(36(28)58-5)60-20-7-2)11-15-29(35(33)57-4)47-38(51)30-13-9-24(22-43-30)45-40(53)32(17-18-42)48-39(52)31-14-10-25(23-44-31)49(55)56/h6-16,22-23,32H,1-3,17,19-21H2,4-5H3,(H,45,53)(H,46,50)(H,47,51)(H,48,52)/t32-/m0/s1. The van der Waals surface area contributed by atoms with E-state index in [1.165, 1.54) is 68.8 Å². The predicted molar refractivity (Wildman–Crippen MR) is 219 cm³/mol. The van der Waals surface area contributed by atoms with Crippen LogP contribution in [-0.2, 0) is 9.53 Å². The number of rotatable bonds is 21. The average molecular weight is 835 g/mol. The van der Waals surface area contributed by atoms with Gasteiger partial charge < -0.3 is 45.0 Å². The van der Waals surface area contributed by atoms with Crippen molar-refractivity contribution in [1.82, 2.24) is 15.3 Å². The van der Waals surface area contributed by atoms with E-state index in [0.717, 1.165) is 24.5 Å². The predicted octanol–water partition coefficient (Wildman–Crippen LogP) is 5.03. The molecule has 2 aromatic carbocycles. The number of ether oxygens (including phenoxy) is 5. The van der Waals surface area contributed by atoms with Gasteiger partial charge in [-0.2, -0.15) is 5.26 Å². The highest BCUT2D eigenvalue weighted by molar-refractivity contribution is 6.10. The Bertz CT molecular complexity index is 2380. The van der Waals surface area contributed by atoms with Gasteiger partial charge in [0.1, 0.15) is 49.0 Å². The first-order valence-electron chi connectivity index (χ1n) is 17.8. The Kier molecular flexibility index (Phi) is 16.1. The number of esters is 1. The summed E-state index contributed by atoms with van der Waals surface area (Å²) in [6, 6.07) is 10.8. The topological polar surface area (TPSA) is 272 Å². The van der Waals surface area contributed by atoms with Crippen molar-refractivity contribution in [1.29, 1.82) is 5.26 Å². The van der Waals surface area contributed by atoms with E-state index < -0.39 is 47.0 Å². The third kappa shape index (κ3) is 11.5. The zero-order chi connectivity index (χ0) is 44.5. The number of nitro groups is 1. The lowest BCUT2D eigenvalue weighted by Gasteiger charge is -2.20. The second-order valence-corrected chi connectivity index (χ2v) is 12.0. The van der Waals surface area contributed by atoms with Crippen LogP contribution in [0, 0.1) is 21.4 Å². The summed E-state index contributed by atoms with van der Waals surface area (Å²) in [5.41, 5.74) is -0.369. The van der Waals surface area contributed by atoms with Crippen molar-refractivity contribution in [2.24, 2.45) is 0 Å². The van der Waals surface area contributed by atoms with Gasteiger partial charge in [0.2, 0.25) is 5.91 Å². The molecule has 0 aliphatic heterocycles. The Hall–Kier alpha value is -8.60. The maximum Gasteiger partial charge on any atom is 0.342 e. The normalized spacial score (nSPS) is 10.6. The van der Waals surface area contributed by atoms with Gasteiger partial charge in [0, 0.05) is 6.07 Å². The van der Waals surface area contributed by atoms with Crippen LogP contribution in [0.2, 0.25) is 0 Å². The molecule has 4 N–H and O–H groups in total. The fourth-order valence-corrected chi connectivity index (χ4v) is 5.22. The van der Waals surface area contributed by atoms with E-state index in [2.05, 4.69) is 51.0 Å². The molecule has 0 aliphatic carbocycles. The molecule has 2 aromatic heterocycles. The number of anilines is 3. The largest absolute Gasteiger partial charge is 0.491 e. The van der Waals surface area contributed by atoms with Crippen LogP contribution < -0.4 is 40.2 Å². The van der Waals surface area contributed by atoms with Crippen molar-refractivity contribution in [3.05, 3.63) is 132 Å². The van der Waals surface area contributed by atoms with E-state index in [1.54, 1.807) is 6.07 Å². The summed E-state index contributed by atoms with van der Waals surface area (Å²) >= 11 is 0. The molecule has 0 unspecified atom stereocenters. The molecule has 4 aromatic rings. The number of nitrogens with zero attached hydrogens (tertiary/aromatic N) is 4. The highest BCUT2D eigenvalue weighted by Crippen LogP contribution is 2.42. The first-order valence-corrected chi connectivity index (χ1v) is 17.8. The van der Waals surface area contributed by atoms with E-state index in [4.69, 9.17) is 23.7 Å². The molecule has 0 saturated heterocycles. The molecular formula is C41H38N8O12. The van der Waals surface area contributed by atoms with Crippen LogP contribution in [0.25, 0.3) is 0 Å². The second kappa shape index (κ2) is 21.8. The third-order valence-corrected chi connectivity index (χ3v) is 7.99. The Morgan fingerprint density at radius 1 is 0.738 bits per heavy atom. The van der Waals surface area contributed by atoms with Crippen molar-refractivity contribution in [2.45, 2.75) is 12.5 Å². The SMILES string of the molecule is C=CCOC(=O)c1ccc(NC(=O)c2ccc(NC(=O)c3ccc(NC(=O)[C@H](CC#N)NC(=O)c4ccc([N+](=O)[O-])cn4)cn3)c(OC)c2OCC=C)c(OC)c1OCC=C. The van der Waals surface area contributed by atoms with Crippen molar-refractivity contribution in [3.8, 4) is 29.1 Å². The van der Waals surface area contributed by atoms with Gasteiger partial charge in [0.15, 0.2) is 23.0 Å². The highest BCUT2D eigenvalue weighted by Gasteiger charge is 2.27. The fourth-order valence-electron chi connectivity index (χ4n) is 5.22. The van der Waals surface area contributed by atoms with E-state index in [9.17, 15) is 39.3 Å². The molecule has 0 fully saturated rings. The Balaban J connectivity index is 1.53. The molecule has 314 valence electrons. The molecule has 20 nitrogen and oxygen atoms in total. The molecule has 0 bridgehead atoms. The fraction of sp³-hybridized carbons (Fsp3) is 0.171. The van der Waals surface area contributed by atoms with Gasteiger partial charge in [-0.15, -0.1) is 0 Å². The molecule has 0 radical (unpaired) electrons. The number of carbonyl (C=O) groups is 5. The summed E-state index contributed by atoms with van der Waals surface area (Å²) in [7, 11) is 2.62. The smallest absolute Gasteiger partial charge is 0.342 e. The second-order valence-electron chi connectivity index (χ2n) is 12.0. The van der Waals surface area contributed by atoms with Crippen LogP contribution in [0.4, 0.5) is 22.7 Å².